The summed E-state index contributed by atoms with van der Waals surface area (Å²) in [5, 5.41) is 3.09. The fourth-order valence-electron chi connectivity index (χ4n) is 2.77. The van der Waals surface area contributed by atoms with Crippen molar-refractivity contribution in [1.29, 1.82) is 0 Å². The molecule has 2 amide bonds. The Morgan fingerprint density at radius 3 is 2.67 bits per heavy atom. The van der Waals surface area contributed by atoms with Crippen LogP contribution in [-0.2, 0) is 16.0 Å². The van der Waals surface area contributed by atoms with Gasteiger partial charge in [0.1, 0.15) is 6.04 Å². The molecule has 4 nitrogen and oxygen atoms in total. The predicted octanol–water partition coefficient (Wildman–Crippen LogP) is 3.07. The van der Waals surface area contributed by atoms with E-state index in [0.717, 1.165) is 19.3 Å². The third-order valence-electron chi connectivity index (χ3n) is 4.60. The number of nitrogens with one attached hydrogen (secondary N) is 1. The van der Waals surface area contributed by atoms with Gasteiger partial charge in [0.15, 0.2) is 0 Å². The Morgan fingerprint density at radius 1 is 1.29 bits per heavy atom. The smallest absolute Gasteiger partial charge is 0.243 e. The van der Waals surface area contributed by atoms with Crippen LogP contribution in [0.4, 0.5) is 0 Å². The first-order chi connectivity index (χ1) is 11.5. The number of hydrogen-bond acceptors (Lipinski definition) is 3. The molecule has 1 N–H and O–H groups in total. The van der Waals surface area contributed by atoms with E-state index in [1.807, 2.05) is 39.0 Å². The first-order valence-corrected chi connectivity index (χ1v) is 9.91. The van der Waals surface area contributed by atoms with Gasteiger partial charge in [-0.3, -0.25) is 9.59 Å². The molecular weight excluding hydrogens is 320 g/mol. The van der Waals surface area contributed by atoms with E-state index < -0.39 is 0 Å². The molecule has 1 aliphatic rings. The second kappa shape index (κ2) is 9.11. The van der Waals surface area contributed by atoms with Gasteiger partial charge in [-0.05, 0) is 31.7 Å². The van der Waals surface area contributed by atoms with Crippen LogP contribution in [0.1, 0.15) is 39.2 Å². The van der Waals surface area contributed by atoms with Crippen LogP contribution in [0.25, 0.3) is 0 Å². The van der Waals surface area contributed by atoms with Gasteiger partial charge in [0.2, 0.25) is 11.8 Å². The molecule has 2 rings (SSSR count). The molecule has 24 heavy (non-hydrogen) atoms. The summed E-state index contributed by atoms with van der Waals surface area (Å²) in [5.74, 6) is 1.38. The minimum absolute atomic E-state index is 0.0165. The first kappa shape index (κ1) is 18.8. The molecule has 1 aliphatic heterocycles. The van der Waals surface area contributed by atoms with Crippen molar-refractivity contribution in [3.63, 3.8) is 0 Å². The first-order valence-electron chi connectivity index (χ1n) is 8.75. The summed E-state index contributed by atoms with van der Waals surface area (Å²) < 4.78 is 0. The van der Waals surface area contributed by atoms with Crippen molar-refractivity contribution in [1.82, 2.24) is 10.2 Å². The molecule has 0 aliphatic carbocycles. The van der Waals surface area contributed by atoms with Gasteiger partial charge in [-0.1, -0.05) is 44.2 Å². The largest absolute Gasteiger partial charge is 0.352 e. The number of hydrogen-bond donors (Lipinski definition) is 1. The SMILES string of the molecule is CC[C@H](C)C(=O)N1CSC[C@H]1C(=O)N[C@H](C)CCc1ccccc1. The third kappa shape index (κ3) is 5.00. The zero-order valence-corrected chi connectivity index (χ0v) is 15.6. The highest BCUT2D eigenvalue weighted by atomic mass is 32.2. The Labute approximate surface area is 149 Å². The van der Waals surface area contributed by atoms with E-state index in [4.69, 9.17) is 0 Å². The Bertz CT molecular complexity index is 550. The second-order valence-corrected chi connectivity index (χ2v) is 7.57. The maximum Gasteiger partial charge on any atom is 0.243 e. The van der Waals surface area contributed by atoms with E-state index in [1.165, 1.54) is 5.56 Å². The van der Waals surface area contributed by atoms with Crippen LogP contribution in [-0.4, -0.2) is 40.4 Å². The molecule has 1 fully saturated rings. The van der Waals surface area contributed by atoms with Crippen LogP contribution >= 0.6 is 11.8 Å². The number of aryl methyl sites for hydroxylation is 1. The molecule has 0 bridgehead atoms. The quantitative estimate of drug-likeness (QED) is 0.824. The van der Waals surface area contributed by atoms with Gasteiger partial charge < -0.3 is 10.2 Å². The zero-order chi connectivity index (χ0) is 17.5. The maximum absolute atomic E-state index is 12.6. The molecule has 1 heterocycles. The Balaban J connectivity index is 1.85. The topological polar surface area (TPSA) is 49.4 Å². The molecule has 1 aromatic rings. The fourth-order valence-corrected chi connectivity index (χ4v) is 3.94. The van der Waals surface area contributed by atoms with Crippen molar-refractivity contribution in [2.45, 2.75) is 52.1 Å². The van der Waals surface area contributed by atoms with E-state index in [2.05, 4.69) is 17.4 Å². The highest BCUT2D eigenvalue weighted by Gasteiger charge is 2.36. The van der Waals surface area contributed by atoms with Crippen molar-refractivity contribution >= 4 is 23.6 Å². The number of rotatable bonds is 7. The summed E-state index contributed by atoms with van der Waals surface area (Å²) in [6.45, 7) is 5.97. The van der Waals surface area contributed by atoms with Crippen LogP contribution in [0.3, 0.4) is 0 Å². The molecule has 0 spiro atoms. The van der Waals surface area contributed by atoms with E-state index in [0.29, 0.717) is 11.6 Å². The van der Waals surface area contributed by atoms with Crippen molar-refractivity contribution in [2.75, 3.05) is 11.6 Å². The van der Waals surface area contributed by atoms with Crippen LogP contribution < -0.4 is 5.32 Å². The predicted molar refractivity (Wildman–Crippen MR) is 99.8 cm³/mol. The second-order valence-electron chi connectivity index (χ2n) is 6.57. The molecule has 0 aromatic heterocycles. The van der Waals surface area contributed by atoms with Crippen LogP contribution in [0, 0.1) is 5.92 Å². The number of nitrogens with zero attached hydrogens (tertiary/aromatic N) is 1. The Kier molecular flexibility index (Phi) is 7.16. The van der Waals surface area contributed by atoms with Gasteiger partial charge in [-0.25, -0.2) is 0 Å². The summed E-state index contributed by atoms with van der Waals surface area (Å²) >= 11 is 1.66. The lowest BCUT2D eigenvalue weighted by Crippen LogP contribution is -2.50. The zero-order valence-electron chi connectivity index (χ0n) is 14.8. The average Bonchev–Trinajstić information content (AvgIpc) is 3.09. The Hall–Kier alpha value is -1.49. The summed E-state index contributed by atoms with van der Waals surface area (Å²) in [6, 6.07) is 10.1. The standard InChI is InChI=1S/C19H28N2O2S/c1-4-14(2)19(23)21-13-24-12-17(21)18(22)20-15(3)10-11-16-8-6-5-7-9-16/h5-9,14-15,17H,4,10-13H2,1-3H3,(H,20,22)/t14-,15+,17-/m0/s1. The Morgan fingerprint density at radius 2 is 2.00 bits per heavy atom. The molecule has 132 valence electrons. The van der Waals surface area contributed by atoms with Crippen molar-refractivity contribution in [3.05, 3.63) is 35.9 Å². The highest BCUT2D eigenvalue weighted by Crippen LogP contribution is 2.24. The van der Waals surface area contributed by atoms with E-state index >= 15 is 0 Å². The number of amides is 2. The third-order valence-corrected chi connectivity index (χ3v) is 5.61. The van der Waals surface area contributed by atoms with Crippen LogP contribution in [0.15, 0.2) is 30.3 Å². The lowest BCUT2D eigenvalue weighted by Gasteiger charge is -2.26. The van der Waals surface area contributed by atoms with Crippen molar-refractivity contribution < 1.29 is 9.59 Å². The van der Waals surface area contributed by atoms with E-state index in [-0.39, 0.29) is 29.8 Å². The monoisotopic (exact) mass is 348 g/mol. The number of carbonyl (C=O) groups is 2. The lowest BCUT2D eigenvalue weighted by atomic mass is 10.1. The number of carbonyl (C=O) groups excluding carboxylic acids is 2. The average molecular weight is 349 g/mol. The lowest BCUT2D eigenvalue weighted by molar-refractivity contribution is -0.141. The van der Waals surface area contributed by atoms with Gasteiger partial charge in [0.05, 0.1) is 5.88 Å². The molecule has 0 radical (unpaired) electrons. The molecule has 1 saturated heterocycles. The molecule has 5 heteroatoms. The minimum atomic E-state index is -0.323. The van der Waals surface area contributed by atoms with Crippen LogP contribution in [0.2, 0.25) is 0 Å². The molecule has 1 aromatic carbocycles. The van der Waals surface area contributed by atoms with Gasteiger partial charge in [-0.2, -0.15) is 0 Å². The summed E-state index contributed by atoms with van der Waals surface area (Å²) in [4.78, 5) is 26.7. The van der Waals surface area contributed by atoms with Gasteiger partial charge in [0.25, 0.3) is 0 Å². The summed E-state index contributed by atoms with van der Waals surface area (Å²) in [7, 11) is 0. The van der Waals surface area contributed by atoms with Crippen molar-refractivity contribution in [2.24, 2.45) is 5.92 Å². The minimum Gasteiger partial charge on any atom is -0.352 e. The van der Waals surface area contributed by atoms with E-state index in [1.54, 1.807) is 16.7 Å². The summed E-state index contributed by atoms with van der Waals surface area (Å²) in [6.07, 6.45) is 2.65. The fraction of sp³-hybridized carbons (Fsp3) is 0.579. The molecule has 0 saturated carbocycles. The van der Waals surface area contributed by atoms with Gasteiger partial charge in [-0.15, -0.1) is 11.8 Å². The van der Waals surface area contributed by atoms with E-state index in [9.17, 15) is 9.59 Å². The van der Waals surface area contributed by atoms with Crippen LogP contribution in [0.5, 0.6) is 0 Å². The highest BCUT2D eigenvalue weighted by molar-refractivity contribution is 7.99. The normalized spacial score (nSPS) is 19.8. The number of thioether (sulfide) groups is 1. The molecule has 0 unspecified atom stereocenters. The molecule has 3 atom stereocenters. The van der Waals surface area contributed by atoms with Gasteiger partial charge >= 0.3 is 0 Å². The van der Waals surface area contributed by atoms with Gasteiger partial charge in [0, 0.05) is 17.7 Å². The summed E-state index contributed by atoms with van der Waals surface area (Å²) in [5.41, 5.74) is 1.28. The van der Waals surface area contributed by atoms with Crippen molar-refractivity contribution in [3.8, 4) is 0 Å². The number of benzene rings is 1. The molecular formula is C19H28N2O2S. The maximum atomic E-state index is 12.6.